The zero-order valence-corrected chi connectivity index (χ0v) is 21.0. The van der Waals surface area contributed by atoms with Crippen LogP contribution in [0, 0.1) is 23.2 Å². The molecule has 0 radical (unpaired) electrons. The first kappa shape index (κ1) is 20.8. The molecule has 1 heterocycles. The molecule has 1 spiro atoms. The molecule has 0 aromatic heterocycles. The van der Waals surface area contributed by atoms with Crippen molar-refractivity contribution in [3.8, 4) is 17.2 Å². The fraction of sp³-hybridized carbons (Fsp3) is 0.739. The van der Waals surface area contributed by atoms with Crippen LogP contribution in [0.25, 0.3) is 0 Å². The van der Waals surface area contributed by atoms with Gasteiger partial charge in [-0.3, -0.25) is 0 Å². The zero-order valence-electron chi connectivity index (χ0n) is 17.8. The van der Waals surface area contributed by atoms with Crippen LogP contribution in [0.1, 0.15) is 71.3 Å². The molecule has 1 aromatic rings. The average molecular weight is 516 g/mol. The minimum Gasteiger partial charge on any atom is -0.495 e. The van der Waals surface area contributed by atoms with E-state index in [1.54, 1.807) is 14.2 Å². The Morgan fingerprint density at radius 3 is 2.32 bits per heavy atom. The fourth-order valence-electron chi connectivity index (χ4n) is 6.38. The predicted octanol–water partition coefficient (Wildman–Crippen LogP) is 7.34. The van der Waals surface area contributed by atoms with Crippen molar-refractivity contribution in [1.82, 2.24) is 0 Å². The number of ether oxygens (including phenoxy) is 3. The van der Waals surface area contributed by atoms with Crippen molar-refractivity contribution < 1.29 is 14.2 Å². The summed E-state index contributed by atoms with van der Waals surface area (Å²) in [6, 6.07) is 0. The number of halogens is 2. The molecule has 1 aromatic carbocycles. The topological polar surface area (TPSA) is 27.7 Å². The van der Waals surface area contributed by atoms with Crippen molar-refractivity contribution in [2.45, 2.75) is 71.3 Å². The van der Waals surface area contributed by atoms with Gasteiger partial charge in [0.25, 0.3) is 0 Å². The molecule has 156 valence electrons. The van der Waals surface area contributed by atoms with Crippen molar-refractivity contribution >= 4 is 31.9 Å². The molecule has 0 saturated heterocycles. The van der Waals surface area contributed by atoms with Gasteiger partial charge in [-0.25, -0.2) is 0 Å². The second-order valence-electron chi connectivity index (χ2n) is 9.98. The molecule has 0 unspecified atom stereocenters. The molecule has 3 fully saturated rings. The SMILES string of the molecule is COc1c(Br)c(OC)c2c(c1Br)O[C@]1(CC[C@H]3C[C@@H]1C3(C)C)C[C@@H]2CC(C)C. The van der Waals surface area contributed by atoms with Gasteiger partial charge >= 0.3 is 0 Å². The highest BCUT2D eigenvalue weighted by atomic mass is 79.9. The summed E-state index contributed by atoms with van der Waals surface area (Å²) in [5.41, 5.74) is 1.49. The number of hydrogen-bond donors (Lipinski definition) is 0. The molecular formula is C23H32Br2O3. The van der Waals surface area contributed by atoms with Crippen molar-refractivity contribution in [3.05, 3.63) is 14.5 Å². The van der Waals surface area contributed by atoms with E-state index in [0.717, 1.165) is 51.4 Å². The van der Waals surface area contributed by atoms with Gasteiger partial charge in [-0.05, 0) is 87.1 Å². The number of methoxy groups -OCH3 is 2. The van der Waals surface area contributed by atoms with E-state index in [2.05, 4.69) is 59.6 Å². The Kier molecular flexibility index (Phi) is 5.27. The Balaban J connectivity index is 1.89. The zero-order chi connectivity index (χ0) is 20.4. The van der Waals surface area contributed by atoms with Gasteiger partial charge in [0.05, 0.1) is 14.2 Å². The largest absolute Gasteiger partial charge is 0.495 e. The molecule has 3 nitrogen and oxygen atoms in total. The summed E-state index contributed by atoms with van der Waals surface area (Å²) in [5, 5.41) is 0. The highest BCUT2D eigenvalue weighted by molar-refractivity contribution is 9.11. The van der Waals surface area contributed by atoms with Crippen LogP contribution in [-0.4, -0.2) is 19.8 Å². The third-order valence-electron chi connectivity index (χ3n) is 7.78. The lowest BCUT2D eigenvalue weighted by atomic mass is 9.42. The third-order valence-corrected chi connectivity index (χ3v) is 9.22. The van der Waals surface area contributed by atoms with Gasteiger partial charge in [0.15, 0.2) is 5.75 Å². The summed E-state index contributed by atoms with van der Waals surface area (Å²) in [7, 11) is 3.44. The van der Waals surface area contributed by atoms with Gasteiger partial charge in [0.1, 0.15) is 26.0 Å². The Labute approximate surface area is 186 Å². The molecule has 3 aliphatic carbocycles. The molecule has 1 aliphatic heterocycles. The van der Waals surface area contributed by atoms with Gasteiger partial charge < -0.3 is 14.2 Å². The van der Waals surface area contributed by atoms with E-state index in [1.807, 2.05) is 0 Å². The molecule has 5 heteroatoms. The van der Waals surface area contributed by atoms with Crippen molar-refractivity contribution in [2.24, 2.45) is 23.2 Å². The first-order valence-corrected chi connectivity index (χ1v) is 12.1. The molecule has 28 heavy (non-hydrogen) atoms. The van der Waals surface area contributed by atoms with E-state index < -0.39 is 0 Å². The quantitative estimate of drug-likeness (QED) is 0.419. The van der Waals surface area contributed by atoms with Gasteiger partial charge in [-0.15, -0.1) is 0 Å². The average Bonchev–Trinajstić information content (AvgIpc) is 2.62. The highest BCUT2D eigenvalue weighted by Gasteiger charge is 2.64. The Bertz CT molecular complexity index is 787. The van der Waals surface area contributed by atoms with E-state index in [1.165, 1.54) is 18.4 Å². The molecule has 3 saturated carbocycles. The molecular weight excluding hydrogens is 484 g/mol. The lowest BCUT2D eigenvalue weighted by Gasteiger charge is -2.66. The van der Waals surface area contributed by atoms with Gasteiger partial charge in [-0.1, -0.05) is 27.7 Å². The lowest BCUT2D eigenvalue weighted by molar-refractivity contribution is -0.199. The van der Waals surface area contributed by atoms with Gasteiger partial charge in [0, 0.05) is 11.5 Å². The molecule has 2 bridgehead atoms. The Hall–Kier alpha value is -0.420. The molecule has 5 rings (SSSR count). The maximum atomic E-state index is 7.00. The van der Waals surface area contributed by atoms with Crippen LogP contribution < -0.4 is 14.2 Å². The first-order chi connectivity index (χ1) is 13.2. The number of rotatable bonds is 4. The van der Waals surface area contributed by atoms with Crippen LogP contribution in [0.15, 0.2) is 8.95 Å². The van der Waals surface area contributed by atoms with Crippen LogP contribution in [0.5, 0.6) is 17.2 Å². The van der Waals surface area contributed by atoms with Crippen LogP contribution >= 0.6 is 31.9 Å². The minimum absolute atomic E-state index is 0.0722. The predicted molar refractivity (Wildman–Crippen MR) is 120 cm³/mol. The maximum absolute atomic E-state index is 7.00. The van der Waals surface area contributed by atoms with Crippen LogP contribution in [0.4, 0.5) is 0 Å². The Morgan fingerprint density at radius 1 is 1.11 bits per heavy atom. The molecule has 0 N–H and O–H groups in total. The minimum atomic E-state index is -0.0722. The summed E-state index contributed by atoms with van der Waals surface area (Å²) < 4.78 is 20.4. The molecule has 0 amide bonds. The third kappa shape index (κ3) is 2.85. The number of benzene rings is 1. The Morgan fingerprint density at radius 2 is 1.79 bits per heavy atom. The standard InChI is InChI=1S/C23H32Br2O3/c1-12(2)9-13-11-23(8-7-14-10-15(23)22(14,3)4)28-20-16(13)19(26-5)17(24)21(27-6)18(20)25/h12-15H,7-11H2,1-6H3/t13-,14-,15+,23+/m0/s1. The normalized spacial score (nSPS) is 32.5. The second-order valence-corrected chi connectivity index (χ2v) is 11.6. The number of fused-ring (bicyclic) bond motifs is 2. The first-order valence-electron chi connectivity index (χ1n) is 10.5. The highest BCUT2D eigenvalue weighted by Crippen LogP contribution is 2.68. The summed E-state index contributed by atoms with van der Waals surface area (Å²) in [5.74, 6) is 5.06. The molecule has 4 atom stereocenters. The number of hydrogen-bond acceptors (Lipinski definition) is 3. The summed E-state index contributed by atoms with van der Waals surface area (Å²) in [6.45, 7) is 9.51. The fourth-order valence-corrected chi connectivity index (χ4v) is 8.04. The van der Waals surface area contributed by atoms with Gasteiger partial charge in [0.2, 0.25) is 0 Å². The summed E-state index contributed by atoms with van der Waals surface area (Å²) >= 11 is 7.53. The maximum Gasteiger partial charge on any atom is 0.154 e. The second kappa shape index (κ2) is 7.08. The van der Waals surface area contributed by atoms with Crippen molar-refractivity contribution in [2.75, 3.05) is 14.2 Å². The monoisotopic (exact) mass is 514 g/mol. The van der Waals surface area contributed by atoms with Crippen LogP contribution in [-0.2, 0) is 0 Å². The molecule has 4 aliphatic rings. The van der Waals surface area contributed by atoms with E-state index in [-0.39, 0.29) is 5.60 Å². The van der Waals surface area contributed by atoms with E-state index in [9.17, 15) is 0 Å². The van der Waals surface area contributed by atoms with Crippen LogP contribution in [0.3, 0.4) is 0 Å². The van der Waals surface area contributed by atoms with E-state index in [4.69, 9.17) is 14.2 Å². The van der Waals surface area contributed by atoms with E-state index in [0.29, 0.717) is 23.2 Å². The summed E-state index contributed by atoms with van der Waals surface area (Å²) in [6.07, 6.45) is 5.96. The smallest absolute Gasteiger partial charge is 0.154 e. The van der Waals surface area contributed by atoms with E-state index >= 15 is 0 Å². The van der Waals surface area contributed by atoms with Crippen molar-refractivity contribution in [1.29, 1.82) is 0 Å². The summed E-state index contributed by atoms with van der Waals surface area (Å²) in [4.78, 5) is 0. The lowest BCUT2D eigenvalue weighted by Crippen LogP contribution is -2.65. The van der Waals surface area contributed by atoms with Crippen molar-refractivity contribution in [3.63, 3.8) is 0 Å². The van der Waals surface area contributed by atoms with Gasteiger partial charge in [-0.2, -0.15) is 0 Å². The van der Waals surface area contributed by atoms with Crippen LogP contribution in [0.2, 0.25) is 0 Å².